The third kappa shape index (κ3) is 17.0. The number of benzene rings is 3. The van der Waals surface area contributed by atoms with Crippen molar-refractivity contribution >= 4 is 57.4 Å². The van der Waals surface area contributed by atoms with Crippen LogP contribution in [0.2, 0.25) is 0 Å². The maximum Gasteiger partial charge on any atom is 0.407 e. The van der Waals surface area contributed by atoms with E-state index in [9.17, 15) is 47.3 Å². The third-order valence-corrected chi connectivity index (χ3v) is 11.8. The number of nitrogens with one attached hydrogen (secondary N) is 5. The minimum absolute atomic E-state index is 0.0115. The zero-order valence-electron chi connectivity index (χ0n) is 37.5. The number of rotatable bonds is 23. The topological polar surface area (TPSA) is 326 Å². The molecular weight excluding hydrogens is 893 g/mol. The smallest absolute Gasteiger partial charge is 0.407 e. The number of nitro groups is 1. The summed E-state index contributed by atoms with van der Waals surface area (Å²) < 4.78 is 38.3. The Bertz CT molecular complexity index is 2330. The van der Waals surface area contributed by atoms with E-state index in [1.54, 1.807) is 12.1 Å². The van der Waals surface area contributed by atoms with E-state index in [1.807, 2.05) is 37.3 Å². The first kappa shape index (κ1) is 52.5. The maximum atomic E-state index is 14.0. The van der Waals surface area contributed by atoms with Gasteiger partial charge >= 0.3 is 12.1 Å². The van der Waals surface area contributed by atoms with Crippen LogP contribution in [0.15, 0.2) is 88.8 Å². The first-order valence-electron chi connectivity index (χ1n) is 21.6. The van der Waals surface area contributed by atoms with Crippen LogP contribution >= 0.6 is 0 Å². The molecule has 1 heterocycles. The Morgan fingerprint density at radius 1 is 0.881 bits per heavy atom. The first-order valence-corrected chi connectivity index (χ1v) is 23.1. The molecule has 0 bridgehead atoms. The Morgan fingerprint density at radius 2 is 1.54 bits per heavy atom. The number of nitrogens with two attached hydrogens (primary N) is 2. The quantitative estimate of drug-likeness (QED) is 0.0136. The number of alkyl carbamates (subject to hydrolysis) is 1. The molecule has 0 radical (unpaired) electrons. The summed E-state index contributed by atoms with van der Waals surface area (Å²) in [5, 5.41) is 21.6. The molecule has 22 nitrogen and oxygen atoms in total. The van der Waals surface area contributed by atoms with Gasteiger partial charge < -0.3 is 47.1 Å². The average molecular weight is 951 g/mol. The predicted octanol–water partition coefficient (Wildman–Crippen LogP) is 1.79. The van der Waals surface area contributed by atoms with Crippen molar-refractivity contribution in [2.24, 2.45) is 16.5 Å². The molecule has 3 aromatic carbocycles. The monoisotopic (exact) mass is 950 g/mol. The fraction of sp³-hybridized carbons (Fsp3) is 0.432. The van der Waals surface area contributed by atoms with Crippen LogP contribution in [0.1, 0.15) is 69.9 Å². The third-order valence-electron chi connectivity index (χ3n) is 10.4. The minimum atomic E-state index is -4.00. The van der Waals surface area contributed by atoms with Gasteiger partial charge in [-0.1, -0.05) is 48.0 Å². The number of esters is 1. The molecule has 9 N–H and O–H groups in total. The number of carbonyl (C=O) groups excluding carboxylic acids is 6. The second kappa shape index (κ2) is 25.5. The van der Waals surface area contributed by atoms with E-state index in [2.05, 4.69) is 31.0 Å². The highest BCUT2D eigenvalue weighted by Gasteiger charge is 2.39. The number of carbonyl (C=O) groups is 6. The van der Waals surface area contributed by atoms with Crippen LogP contribution in [0.25, 0.3) is 0 Å². The highest BCUT2D eigenvalue weighted by atomic mass is 32.2. The fourth-order valence-corrected chi connectivity index (χ4v) is 7.64. The van der Waals surface area contributed by atoms with Gasteiger partial charge in [-0.05, 0) is 95.5 Å². The normalized spacial score (nSPS) is 15.5. The van der Waals surface area contributed by atoms with Crippen molar-refractivity contribution in [1.82, 2.24) is 30.9 Å². The van der Waals surface area contributed by atoms with Gasteiger partial charge in [0.2, 0.25) is 29.6 Å². The molecule has 1 aliphatic heterocycles. The minimum Gasteiger partial charge on any atom is -0.445 e. The number of nitrogens with zero attached hydrogens (tertiary/aromatic N) is 3. The van der Waals surface area contributed by atoms with Gasteiger partial charge in [0, 0.05) is 31.8 Å². The SMILES string of the molecule is Cc1ccc(S(=O)(=O)NC(N)=NCCC[C@H](NC(=O)[C@H](C)N)C(=O)N2CCC[C@H]2C(=O)N[C@@H](C)C(=O)N[C@@H](CCCCNC(=O)OCc2ccccc2)C(=O)Oc2ccc([N+](=O)[O-])cc2)cc1. The molecular formula is C44H58N10O12S. The molecule has 0 saturated carbocycles. The number of aliphatic imine (C=N–C) groups is 1. The van der Waals surface area contributed by atoms with Gasteiger partial charge in [0.25, 0.3) is 15.7 Å². The molecule has 1 fully saturated rings. The molecule has 1 aliphatic rings. The molecule has 5 amide bonds. The number of aryl methyl sites for hydroxylation is 1. The molecule has 1 saturated heterocycles. The molecule has 0 unspecified atom stereocenters. The van der Waals surface area contributed by atoms with E-state index in [-0.39, 0.29) is 74.2 Å². The highest BCUT2D eigenvalue weighted by Crippen LogP contribution is 2.21. The fourth-order valence-electron chi connectivity index (χ4n) is 6.69. The van der Waals surface area contributed by atoms with Gasteiger partial charge in [0.1, 0.15) is 36.5 Å². The van der Waals surface area contributed by atoms with Crippen LogP contribution in [0, 0.1) is 17.0 Å². The largest absolute Gasteiger partial charge is 0.445 e. The van der Waals surface area contributed by atoms with Crippen molar-refractivity contribution < 1.29 is 51.6 Å². The summed E-state index contributed by atoms with van der Waals surface area (Å²) in [5.41, 5.74) is 13.1. The second-order valence-electron chi connectivity index (χ2n) is 15.8. The molecule has 3 aromatic rings. The lowest BCUT2D eigenvalue weighted by molar-refractivity contribution is -0.384. The van der Waals surface area contributed by atoms with Crippen molar-refractivity contribution in [3.8, 4) is 5.75 Å². The van der Waals surface area contributed by atoms with Crippen LogP contribution < -0.4 is 42.2 Å². The van der Waals surface area contributed by atoms with Gasteiger partial charge in [-0.15, -0.1) is 0 Å². The summed E-state index contributed by atoms with van der Waals surface area (Å²) in [5.74, 6) is -3.93. The lowest BCUT2D eigenvalue weighted by atomic mass is 10.1. The van der Waals surface area contributed by atoms with E-state index < -0.39 is 80.8 Å². The summed E-state index contributed by atoms with van der Waals surface area (Å²) in [6, 6.07) is 14.3. The number of likely N-dealkylation sites (tertiary alicyclic amines) is 1. The van der Waals surface area contributed by atoms with Crippen molar-refractivity contribution in [1.29, 1.82) is 0 Å². The second-order valence-corrected chi connectivity index (χ2v) is 17.5. The van der Waals surface area contributed by atoms with Crippen molar-refractivity contribution in [3.05, 3.63) is 100 Å². The maximum absolute atomic E-state index is 14.0. The Balaban J connectivity index is 1.35. The number of hydrogen-bond acceptors (Lipinski definition) is 14. The summed E-state index contributed by atoms with van der Waals surface area (Å²) in [6.45, 7) is 5.02. The lowest BCUT2D eigenvalue weighted by Gasteiger charge is -2.30. The molecule has 4 rings (SSSR count). The van der Waals surface area contributed by atoms with E-state index in [4.69, 9.17) is 20.9 Å². The van der Waals surface area contributed by atoms with Gasteiger partial charge in [0.15, 0.2) is 0 Å². The molecule has 67 heavy (non-hydrogen) atoms. The summed E-state index contributed by atoms with van der Waals surface area (Å²) in [7, 11) is -4.00. The van der Waals surface area contributed by atoms with E-state index in [0.717, 1.165) is 23.3 Å². The molecule has 362 valence electrons. The summed E-state index contributed by atoms with van der Waals surface area (Å²) in [6.07, 6.45) is 0.934. The number of nitro benzene ring substituents is 1. The zero-order valence-corrected chi connectivity index (χ0v) is 38.3. The number of ether oxygens (including phenoxy) is 2. The van der Waals surface area contributed by atoms with Gasteiger partial charge in [-0.3, -0.25) is 34.3 Å². The number of amides is 5. The zero-order chi connectivity index (χ0) is 49.1. The number of sulfonamides is 1. The summed E-state index contributed by atoms with van der Waals surface area (Å²) in [4.78, 5) is 95.3. The molecule has 0 spiro atoms. The van der Waals surface area contributed by atoms with Crippen LogP contribution in [0.5, 0.6) is 5.75 Å². The molecule has 23 heteroatoms. The molecule has 5 atom stereocenters. The van der Waals surface area contributed by atoms with Crippen LogP contribution in [0.3, 0.4) is 0 Å². The van der Waals surface area contributed by atoms with Crippen molar-refractivity contribution in [2.45, 2.75) is 107 Å². The van der Waals surface area contributed by atoms with Crippen LogP contribution in [-0.2, 0) is 45.3 Å². The Labute approximate surface area is 388 Å². The van der Waals surface area contributed by atoms with Crippen LogP contribution in [0.4, 0.5) is 10.5 Å². The Morgan fingerprint density at radius 3 is 2.19 bits per heavy atom. The van der Waals surface area contributed by atoms with E-state index in [1.165, 1.54) is 43.0 Å². The average Bonchev–Trinajstić information content (AvgIpc) is 3.79. The number of unbranched alkanes of at least 4 members (excludes halogenated alkanes) is 1. The number of guanidine groups is 1. The lowest BCUT2D eigenvalue weighted by Crippen LogP contribution is -2.57. The molecule has 0 aromatic heterocycles. The van der Waals surface area contributed by atoms with Crippen molar-refractivity contribution in [3.63, 3.8) is 0 Å². The first-order chi connectivity index (χ1) is 31.8. The predicted molar refractivity (Wildman–Crippen MR) is 244 cm³/mol. The highest BCUT2D eigenvalue weighted by molar-refractivity contribution is 7.90. The van der Waals surface area contributed by atoms with Gasteiger partial charge in [-0.2, -0.15) is 0 Å². The standard InChI is InChI=1S/C44H58N10O12S/c1-28-16-22-34(23-17-28)67(63,64)52-43(46)47-25-9-14-35(50-38(55)29(2)45)41(58)53-26-10-15-37(53)40(57)49-30(3)39(56)51-36(42(59)66-33-20-18-32(19-21-33)54(61)62)13-7-8-24-48-44(60)65-27-31-11-5-4-6-12-31/h4-6,11-12,16-23,29-30,35-37H,7-10,13-15,24-27,45H2,1-3H3,(H,48,60)(H,49,57)(H,50,55)(H,51,56)(H3,46,47,52)/t29-,30-,35-,36-,37-/m0/s1. The Hall–Kier alpha value is -7.14. The van der Waals surface area contributed by atoms with E-state index >= 15 is 0 Å². The van der Waals surface area contributed by atoms with Crippen LogP contribution in [-0.4, -0.2) is 110 Å². The number of non-ortho nitro benzene ring substituents is 1. The molecule has 0 aliphatic carbocycles. The van der Waals surface area contributed by atoms with Crippen molar-refractivity contribution in [2.75, 3.05) is 19.6 Å². The van der Waals surface area contributed by atoms with Gasteiger partial charge in [-0.25, -0.2) is 22.7 Å². The summed E-state index contributed by atoms with van der Waals surface area (Å²) >= 11 is 0. The Kier molecular flexibility index (Phi) is 20.0. The van der Waals surface area contributed by atoms with E-state index in [0.29, 0.717) is 19.3 Å². The number of hydrogen-bond donors (Lipinski definition) is 7. The van der Waals surface area contributed by atoms with Gasteiger partial charge in [0.05, 0.1) is 15.9 Å².